The number of aliphatic hydroxyl groups is 1. The SMILES string of the molecule is CCOCC(=O)N1CCC2(CC1)COc1cc(-c3cccnc3)ccc1S(=O)(=O)NCC(O)CN(C)C2. The zero-order valence-electron chi connectivity index (χ0n) is 21.4. The molecule has 2 N–H and O–H groups in total. The van der Waals surface area contributed by atoms with E-state index in [-0.39, 0.29) is 41.7 Å². The van der Waals surface area contributed by atoms with Gasteiger partial charge in [-0.1, -0.05) is 12.1 Å². The van der Waals surface area contributed by atoms with Crippen LogP contribution in [0.2, 0.25) is 0 Å². The quantitative estimate of drug-likeness (QED) is 0.606. The van der Waals surface area contributed by atoms with E-state index in [2.05, 4.69) is 9.71 Å². The third kappa shape index (κ3) is 6.85. The standard InChI is InChI=1S/C26H36N4O6S/c1-3-35-17-25(32)30-11-8-26(9-12-30)18-29(2)16-22(31)15-28-37(33,34)24-7-6-20(13-23(24)36-19-26)21-5-4-10-27-14-21/h4-7,10,13-14,22,28,31H,3,8-9,11-12,15-19H2,1-2H3. The molecule has 2 aliphatic heterocycles. The number of benzene rings is 1. The van der Waals surface area contributed by atoms with Crippen LogP contribution in [-0.2, 0) is 19.6 Å². The molecular weight excluding hydrogens is 496 g/mol. The van der Waals surface area contributed by atoms with E-state index in [1.807, 2.05) is 35.9 Å². The minimum Gasteiger partial charge on any atom is -0.492 e. The second-order valence-corrected chi connectivity index (χ2v) is 11.6. The maximum Gasteiger partial charge on any atom is 0.248 e. The molecule has 0 aliphatic carbocycles. The number of rotatable bonds is 4. The summed E-state index contributed by atoms with van der Waals surface area (Å²) < 4.78 is 40.5. The molecule has 202 valence electrons. The highest BCUT2D eigenvalue weighted by Gasteiger charge is 2.39. The summed E-state index contributed by atoms with van der Waals surface area (Å²) in [6, 6.07) is 8.71. The molecule has 1 saturated heterocycles. The monoisotopic (exact) mass is 532 g/mol. The molecule has 37 heavy (non-hydrogen) atoms. The molecule has 1 fully saturated rings. The van der Waals surface area contributed by atoms with Gasteiger partial charge >= 0.3 is 0 Å². The van der Waals surface area contributed by atoms with Gasteiger partial charge in [-0.25, -0.2) is 13.1 Å². The zero-order chi connectivity index (χ0) is 26.5. The highest BCUT2D eigenvalue weighted by Crippen LogP contribution is 2.36. The lowest BCUT2D eigenvalue weighted by Gasteiger charge is -2.44. The van der Waals surface area contributed by atoms with Gasteiger partial charge in [0.2, 0.25) is 15.9 Å². The molecule has 1 aromatic carbocycles. The summed E-state index contributed by atoms with van der Waals surface area (Å²) in [6.07, 6.45) is 3.90. The predicted molar refractivity (Wildman–Crippen MR) is 139 cm³/mol. The Morgan fingerprint density at radius 2 is 2.05 bits per heavy atom. The molecule has 1 unspecified atom stereocenters. The Kier molecular flexibility index (Phi) is 8.81. The van der Waals surface area contributed by atoms with Crippen molar-refractivity contribution in [3.8, 4) is 16.9 Å². The second-order valence-electron chi connectivity index (χ2n) is 9.91. The van der Waals surface area contributed by atoms with Crippen LogP contribution in [0.4, 0.5) is 0 Å². The summed E-state index contributed by atoms with van der Waals surface area (Å²) in [7, 11) is -2.02. The summed E-state index contributed by atoms with van der Waals surface area (Å²) in [5.74, 6) is 0.221. The summed E-state index contributed by atoms with van der Waals surface area (Å²) >= 11 is 0. The number of aliphatic hydroxyl groups excluding tert-OH is 1. The molecule has 1 spiro atoms. The number of sulfonamides is 1. The maximum atomic E-state index is 13.2. The van der Waals surface area contributed by atoms with E-state index >= 15 is 0 Å². The number of aromatic nitrogens is 1. The van der Waals surface area contributed by atoms with Crippen molar-refractivity contribution >= 4 is 15.9 Å². The van der Waals surface area contributed by atoms with E-state index in [9.17, 15) is 18.3 Å². The first-order valence-electron chi connectivity index (χ1n) is 12.6. The molecule has 0 radical (unpaired) electrons. The fraction of sp³-hybridized carbons (Fsp3) is 0.538. The number of nitrogens with one attached hydrogen (secondary N) is 1. The smallest absolute Gasteiger partial charge is 0.248 e. The average Bonchev–Trinajstić information content (AvgIpc) is 2.89. The van der Waals surface area contributed by atoms with Crippen LogP contribution in [0, 0.1) is 5.41 Å². The Morgan fingerprint density at radius 1 is 1.27 bits per heavy atom. The average molecular weight is 533 g/mol. The Hall–Kier alpha value is -2.57. The van der Waals surface area contributed by atoms with E-state index < -0.39 is 16.1 Å². The summed E-state index contributed by atoms with van der Waals surface area (Å²) in [6.45, 7) is 4.67. The summed E-state index contributed by atoms with van der Waals surface area (Å²) in [5.41, 5.74) is 1.31. The first-order chi connectivity index (χ1) is 17.7. The lowest BCUT2D eigenvalue weighted by molar-refractivity contribution is -0.139. The molecule has 11 heteroatoms. The normalized spacial score (nSPS) is 22.4. The van der Waals surface area contributed by atoms with E-state index in [4.69, 9.17) is 9.47 Å². The third-order valence-corrected chi connectivity index (χ3v) is 8.47. The minimum absolute atomic E-state index is 0.0285. The largest absolute Gasteiger partial charge is 0.492 e. The van der Waals surface area contributed by atoms with Gasteiger partial charge in [-0.05, 0) is 50.6 Å². The molecular formula is C26H36N4O6S. The van der Waals surface area contributed by atoms with Crippen LogP contribution in [0.3, 0.4) is 0 Å². The predicted octanol–water partition coefficient (Wildman–Crippen LogP) is 1.36. The number of pyridine rings is 1. The lowest BCUT2D eigenvalue weighted by Crippen LogP contribution is -2.52. The van der Waals surface area contributed by atoms with Crippen molar-refractivity contribution in [3.05, 3.63) is 42.7 Å². The van der Waals surface area contributed by atoms with Gasteiger partial charge in [0.25, 0.3) is 0 Å². The van der Waals surface area contributed by atoms with Crippen LogP contribution >= 0.6 is 0 Å². The van der Waals surface area contributed by atoms with Crippen LogP contribution < -0.4 is 9.46 Å². The number of likely N-dealkylation sites (tertiary alicyclic amines) is 1. The number of fused-ring (bicyclic) bond motifs is 1. The maximum absolute atomic E-state index is 13.2. The second kappa shape index (κ2) is 11.9. The molecule has 1 amide bonds. The molecule has 4 rings (SSSR count). The van der Waals surface area contributed by atoms with Gasteiger partial charge in [-0.2, -0.15) is 0 Å². The first-order valence-corrected chi connectivity index (χ1v) is 14.1. The molecule has 2 aliphatic rings. The number of likely N-dealkylation sites (N-methyl/N-ethyl adjacent to an activating group) is 1. The van der Waals surface area contributed by atoms with Gasteiger partial charge < -0.3 is 24.4 Å². The summed E-state index contributed by atoms with van der Waals surface area (Å²) in [4.78, 5) is 20.5. The van der Waals surface area contributed by atoms with Gasteiger partial charge in [0.15, 0.2) is 0 Å². The van der Waals surface area contributed by atoms with Crippen LogP contribution in [0.5, 0.6) is 5.75 Å². The number of ether oxygens (including phenoxy) is 2. The topological polar surface area (TPSA) is 121 Å². The first kappa shape index (κ1) is 27.5. The van der Waals surface area contributed by atoms with Crippen LogP contribution in [0.1, 0.15) is 19.8 Å². The zero-order valence-corrected chi connectivity index (χ0v) is 22.2. The molecule has 0 bridgehead atoms. The number of carbonyl (C=O) groups is 1. The fourth-order valence-electron chi connectivity index (χ4n) is 4.99. The third-order valence-electron chi connectivity index (χ3n) is 7.01. The molecule has 1 atom stereocenters. The Bertz CT molecular complexity index is 1170. The van der Waals surface area contributed by atoms with E-state index in [0.717, 1.165) is 11.1 Å². The van der Waals surface area contributed by atoms with Crippen LogP contribution in [0.25, 0.3) is 11.1 Å². The van der Waals surface area contributed by atoms with Gasteiger partial charge in [0, 0.05) is 62.7 Å². The Labute approximate surface area is 218 Å². The van der Waals surface area contributed by atoms with E-state index in [1.54, 1.807) is 24.5 Å². The van der Waals surface area contributed by atoms with Crippen molar-refractivity contribution in [3.63, 3.8) is 0 Å². The van der Waals surface area contributed by atoms with Crippen molar-refractivity contribution in [2.75, 3.05) is 59.6 Å². The van der Waals surface area contributed by atoms with Crippen LogP contribution in [0.15, 0.2) is 47.6 Å². The van der Waals surface area contributed by atoms with Crippen molar-refractivity contribution in [1.29, 1.82) is 0 Å². The number of hydrogen-bond donors (Lipinski definition) is 2. The van der Waals surface area contributed by atoms with Crippen molar-refractivity contribution in [2.45, 2.75) is 30.8 Å². The highest BCUT2D eigenvalue weighted by atomic mass is 32.2. The van der Waals surface area contributed by atoms with Crippen LogP contribution in [-0.4, -0.2) is 99.9 Å². The van der Waals surface area contributed by atoms with Gasteiger partial charge in [-0.15, -0.1) is 0 Å². The number of nitrogens with zero attached hydrogens (tertiary/aromatic N) is 3. The van der Waals surface area contributed by atoms with Gasteiger partial charge in [0.05, 0.1) is 12.7 Å². The minimum atomic E-state index is -3.93. The Balaban J connectivity index is 1.64. The van der Waals surface area contributed by atoms with Gasteiger partial charge in [-0.3, -0.25) is 9.78 Å². The lowest BCUT2D eigenvalue weighted by atomic mass is 9.78. The highest BCUT2D eigenvalue weighted by molar-refractivity contribution is 7.89. The molecule has 0 saturated carbocycles. The summed E-state index contributed by atoms with van der Waals surface area (Å²) in [5, 5.41) is 10.5. The number of carbonyl (C=O) groups excluding carboxylic acids is 1. The van der Waals surface area contributed by atoms with Crippen molar-refractivity contribution in [2.24, 2.45) is 5.41 Å². The molecule has 2 aromatic rings. The number of piperidine rings is 1. The van der Waals surface area contributed by atoms with E-state index in [1.165, 1.54) is 6.07 Å². The molecule has 10 nitrogen and oxygen atoms in total. The number of amides is 1. The fourth-order valence-corrected chi connectivity index (χ4v) is 6.19. The van der Waals surface area contributed by atoms with Crippen molar-refractivity contribution in [1.82, 2.24) is 19.5 Å². The number of hydrogen-bond acceptors (Lipinski definition) is 8. The Morgan fingerprint density at radius 3 is 2.76 bits per heavy atom. The number of β-amino-alcohol motifs (C(OH)–C–C–N with tert-alkyl or cyclic N) is 1. The van der Waals surface area contributed by atoms with E-state index in [0.29, 0.717) is 45.6 Å². The van der Waals surface area contributed by atoms with Gasteiger partial charge in [0.1, 0.15) is 17.3 Å². The van der Waals surface area contributed by atoms with Crippen molar-refractivity contribution < 1.29 is 27.8 Å². The molecule has 1 aromatic heterocycles. The molecule has 3 heterocycles.